The molecule has 0 aliphatic carbocycles. The number of hydrogen-bond donors (Lipinski definition) is 1. The highest BCUT2D eigenvalue weighted by Gasteiger charge is 2.29. The predicted molar refractivity (Wildman–Crippen MR) is 84.0 cm³/mol. The van der Waals surface area contributed by atoms with Crippen molar-refractivity contribution in [3.05, 3.63) is 17.5 Å². The van der Waals surface area contributed by atoms with Crippen LogP contribution in [0.4, 0.5) is 5.82 Å². The van der Waals surface area contributed by atoms with Gasteiger partial charge in [-0.1, -0.05) is 11.6 Å². The lowest BCUT2D eigenvalue weighted by atomic mass is 9.96. The van der Waals surface area contributed by atoms with Crippen LogP contribution in [0.15, 0.2) is 12.5 Å². The van der Waals surface area contributed by atoms with E-state index < -0.39 is 0 Å². The van der Waals surface area contributed by atoms with Gasteiger partial charge in [0.05, 0.1) is 12.1 Å². The third-order valence-corrected chi connectivity index (χ3v) is 4.57. The Labute approximate surface area is 135 Å². The lowest BCUT2D eigenvalue weighted by Gasteiger charge is -2.34. The van der Waals surface area contributed by atoms with Gasteiger partial charge in [0.15, 0.2) is 5.82 Å². The molecule has 0 spiro atoms. The molecule has 2 saturated heterocycles. The van der Waals surface area contributed by atoms with Gasteiger partial charge in [0.2, 0.25) is 5.91 Å². The van der Waals surface area contributed by atoms with E-state index >= 15 is 0 Å². The molecule has 7 heteroatoms. The van der Waals surface area contributed by atoms with Crippen molar-refractivity contribution in [1.82, 2.24) is 15.3 Å². The molecule has 0 bridgehead atoms. The number of ether oxygens (including phenoxy) is 1. The zero-order chi connectivity index (χ0) is 15.4. The van der Waals surface area contributed by atoms with Crippen molar-refractivity contribution < 1.29 is 9.53 Å². The van der Waals surface area contributed by atoms with Gasteiger partial charge in [0.25, 0.3) is 0 Å². The molecule has 1 aromatic heterocycles. The van der Waals surface area contributed by atoms with E-state index in [-0.39, 0.29) is 17.9 Å². The zero-order valence-electron chi connectivity index (χ0n) is 12.5. The highest BCUT2D eigenvalue weighted by atomic mass is 35.5. The third-order valence-electron chi connectivity index (χ3n) is 4.31. The minimum atomic E-state index is -0.0115. The second-order valence-electron chi connectivity index (χ2n) is 5.87. The van der Waals surface area contributed by atoms with Gasteiger partial charge in [0, 0.05) is 32.3 Å². The average molecular weight is 325 g/mol. The lowest BCUT2D eigenvalue weighted by Crippen LogP contribution is -2.47. The summed E-state index contributed by atoms with van der Waals surface area (Å²) in [7, 11) is 0. The monoisotopic (exact) mass is 324 g/mol. The van der Waals surface area contributed by atoms with Gasteiger partial charge < -0.3 is 15.0 Å². The van der Waals surface area contributed by atoms with Crippen molar-refractivity contribution in [1.29, 1.82) is 0 Å². The fourth-order valence-electron chi connectivity index (χ4n) is 3.08. The molecule has 2 fully saturated rings. The van der Waals surface area contributed by atoms with Crippen LogP contribution in [-0.2, 0) is 9.53 Å². The molecule has 120 valence electrons. The summed E-state index contributed by atoms with van der Waals surface area (Å²) in [6.07, 6.45) is 6.77. The number of carbonyl (C=O) groups is 1. The summed E-state index contributed by atoms with van der Waals surface area (Å²) < 4.78 is 5.33. The van der Waals surface area contributed by atoms with Crippen molar-refractivity contribution in [2.24, 2.45) is 5.92 Å². The van der Waals surface area contributed by atoms with Crippen LogP contribution in [0.2, 0.25) is 5.02 Å². The van der Waals surface area contributed by atoms with E-state index in [2.05, 4.69) is 20.2 Å². The van der Waals surface area contributed by atoms with Crippen LogP contribution in [0.3, 0.4) is 0 Å². The maximum absolute atomic E-state index is 12.5. The van der Waals surface area contributed by atoms with Crippen LogP contribution in [0, 0.1) is 5.92 Å². The molecule has 2 aliphatic rings. The molecule has 6 nitrogen and oxygen atoms in total. The van der Waals surface area contributed by atoms with Crippen LogP contribution >= 0.6 is 11.6 Å². The Morgan fingerprint density at radius 2 is 2.18 bits per heavy atom. The molecule has 2 aliphatic heterocycles. The summed E-state index contributed by atoms with van der Waals surface area (Å²) in [6, 6.07) is 0.249. The summed E-state index contributed by atoms with van der Waals surface area (Å²) in [5.41, 5.74) is 0. The number of aromatic nitrogens is 2. The number of nitrogens with one attached hydrogen (secondary N) is 1. The topological polar surface area (TPSA) is 67.3 Å². The maximum Gasteiger partial charge on any atom is 0.225 e. The number of piperidine rings is 1. The lowest BCUT2D eigenvalue weighted by molar-refractivity contribution is -0.126. The maximum atomic E-state index is 12.5. The molecule has 0 radical (unpaired) electrons. The first-order valence-electron chi connectivity index (χ1n) is 7.82. The van der Waals surface area contributed by atoms with Crippen LogP contribution in [0.25, 0.3) is 0 Å². The number of anilines is 1. The fraction of sp³-hybridized carbons (Fsp3) is 0.667. The van der Waals surface area contributed by atoms with E-state index in [9.17, 15) is 4.79 Å². The average Bonchev–Trinajstić information content (AvgIpc) is 2.56. The summed E-state index contributed by atoms with van der Waals surface area (Å²) in [6.45, 7) is 3.00. The Bertz CT molecular complexity index is 522. The van der Waals surface area contributed by atoms with Crippen molar-refractivity contribution >= 4 is 23.3 Å². The minimum absolute atomic E-state index is 0.0115. The second kappa shape index (κ2) is 7.24. The van der Waals surface area contributed by atoms with Crippen LogP contribution in [0.1, 0.15) is 25.7 Å². The number of carbonyl (C=O) groups excluding carboxylic acids is 1. The standard InChI is InChI=1S/C15H21ClN4O2/c16-13-8-17-10-18-14(13)20-5-1-2-11(9-20)15(21)19-12-3-6-22-7-4-12/h8,10-12H,1-7,9H2,(H,19,21). The number of rotatable bonds is 3. The van der Waals surface area contributed by atoms with E-state index in [0.29, 0.717) is 11.6 Å². The fourth-order valence-corrected chi connectivity index (χ4v) is 3.31. The second-order valence-corrected chi connectivity index (χ2v) is 6.28. The van der Waals surface area contributed by atoms with E-state index in [1.807, 2.05) is 0 Å². The highest BCUT2D eigenvalue weighted by Crippen LogP contribution is 2.27. The molecule has 3 heterocycles. The van der Waals surface area contributed by atoms with Gasteiger partial charge >= 0.3 is 0 Å². The molecule has 1 aromatic rings. The largest absolute Gasteiger partial charge is 0.381 e. The first kappa shape index (κ1) is 15.5. The van der Waals surface area contributed by atoms with E-state index in [0.717, 1.165) is 51.3 Å². The van der Waals surface area contributed by atoms with Gasteiger partial charge in [0.1, 0.15) is 11.3 Å². The number of hydrogen-bond acceptors (Lipinski definition) is 5. The molecular formula is C15H21ClN4O2. The van der Waals surface area contributed by atoms with Gasteiger partial charge in [-0.25, -0.2) is 9.97 Å². The van der Waals surface area contributed by atoms with E-state index in [1.165, 1.54) is 6.33 Å². The van der Waals surface area contributed by atoms with Gasteiger partial charge in [-0.05, 0) is 25.7 Å². The van der Waals surface area contributed by atoms with Gasteiger partial charge in [-0.15, -0.1) is 0 Å². The first-order valence-corrected chi connectivity index (χ1v) is 8.20. The Kier molecular flexibility index (Phi) is 5.10. The summed E-state index contributed by atoms with van der Waals surface area (Å²) >= 11 is 6.16. The summed E-state index contributed by atoms with van der Waals surface area (Å²) in [4.78, 5) is 22.7. The molecule has 0 aromatic carbocycles. The van der Waals surface area contributed by atoms with Crippen LogP contribution < -0.4 is 10.2 Å². The summed E-state index contributed by atoms with van der Waals surface area (Å²) in [5.74, 6) is 0.852. The van der Waals surface area contributed by atoms with E-state index in [4.69, 9.17) is 16.3 Å². The molecule has 1 N–H and O–H groups in total. The van der Waals surface area contributed by atoms with Crippen LogP contribution in [0.5, 0.6) is 0 Å². The normalized spacial score (nSPS) is 23.3. The number of halogens is 1. The van der Waals surface area contributed by atoms with Crippen molar-refractivity contribution in [2.75, 3.05) is 31.2 Å². The minimum Gasteiger partial charge on any atom is -0.381 e. The molecule has 1 amide bonds. The number of amides is 1. The first-order chi connectivity index (χ1) is 10.7. The van der Waals surface area contributed by atoms with Crippen LogP contribution in [-0.4, -0.2) is 48.2 Å². The van der Waals surface area contributed by atoms with Gasteiger partial charge in [-0.3, -0.25) is 4.79 Å². The predicted octanol–water partition coefficient (Wildman–Crippen LogP) is 1.64. The van der Waals surface area contributed by atoms with E-state index in [1.54, 1.807) is 6.20 Å². The smallest absolute Gasteiger partial charge is 0.225 e. The molecule has 0 saturated carbocycles. The molecular weight excluding hydrogens is 304 g/mol. The zero-order valence-corrected chi connectivity index (χ0v) is 13.3. The molecule has 3 rings (SSSR count). The summed E-state index contributed by atoms with van der Waals surface area (Å²) in [5, 5.41) is 3.70. The quantitative estimate of drug-likeness (QED) is 0.915. The van der Waals surface area contributed by atoms with Crippen molar-refractivity contribution in [2.45, 2.75) is 31.7 Å². The molecule has 1 atom stereocenters. The van der Waals surface area contributed by atoms with Gasteiger partial charge in [-0.2, -0.15) is 0 Å². The SMILES string of the molecule is O=C(NC1CCOCC1)C1CCCN(c2ncncc2Cl)C1. The molecule has 1 unspecified atom stereocenters. The van der Waals surface area contributed by atoms with Crippen molar-refractivity contribution in [3.8, 4) is 0 Å². The Hall–Kier alpha value is -1.40. The Morgan fingerprint density at radius 1 is 1.36 bits per heavy atom. The third kappa shape index (κ3) is 3.67. The highest BCUT2D eigenvalue weighted by molar-refractivity contribution is 6.32. The Balaban J connectivity index is 1.60. The van der Waals surface area contributed by atoms with Crippen molar-refractivity contribution in [3.63, 3.8) is 0 Å². The molecule has 22 heavy (non-hydrogen) atoms. The number of nitrogens with zero attached hydrogens (tertiary/aromatic N) is 3. The Morgan fingerprint density at radius 3 is 2.95 bits per heavy atom.